The van der Waals surface area contributed by atoms with E-state index in [4.69, 9.17) is 19.9 Å². The summed E-state index contributed by atoms with van der Waals surface area (Å²) in [5, 5.41) is 0. The fourth-order valence-corrected chi connectivity index (χ4v) is 2.52. The predicted octanol–water partition coefficient (Wildman–Crippen LogP) is 0.869. The molecular formula is C14H30N2O3. The van der Waals surface area contributed by atoms with Crippen LogP contribution in [0.15, 0.2) is 0 Å². The van der Waals surface area contributed by atoms with Gasteiger partial charge in [0.1, 0.15) is 0 Å². The van der Waals surface area contributed by atoms with E-state index in [1.807, 2.05) is 0 Å². The maximum Gasteiger partial charge on any atom is 0.0701 e. The van der Waals surface area contributed by atoms with Crippen molar-refractivity contribution in [3.8, 4) is 0 Å². The van der Waals surface area contributed by atoms with Gasteiger partial charge in [-0.2, -0.15) is 0 Å². The average Bonchev–Trinajstić information content (AvgIpc) is 2.44. The first kappa shape index (κ1) is 16.9. The highest BCUT2D eigenvalue weighted by Gasteiger charge is 2.20. The van der Waals surface area contributed by atoms with Gasteiger partial charge in [0.05, 0.1) is 33.0 Å². The van der Waals surface area contributed by atoms with Gasteiger partial charge in [-0.1, -0.05) is 6.42 Å². The molecule has 0 aromatic rings. The molecule has 114 valence electrons. The lowest BCUT2D eigenvalue weighted by atomic mass is 9.99. The van der Waals surface area contributed by atoms with E-state index < -0.39 is 0 Å². The second-order valence-electron chi connectivity index (χ2n) is 4.98. The fourth-order valence-electron chi connectivity index (χ4n) is 2.52. The molecule has 1 heterocycles. The van der Waals surface area contributed by atoms with Crippen LogP contribution in [0.2, 0.25) is 0 Å². The average molecular weight is 274 g/mol. The first-order chi connectivity index (χ1) is 9.38. The molecule has 1 unspecified atom stereocenters. The Balaban J connectivity index is 1.97. The Morgan fingerprint density at radius 1 is 1.05 bits per heavy atom. The van der Waals surface area contributed by atoms with Crippen molar-refractivity contribution in [3.63, 3.8) is 0 Å². The van der Waals surface area contributed by atoms with Gasteiger partial charge in [-0.05, 0) is 32.4 Å². The normalized spacial score (nSPS) is 20.8. The van der Waals surface area contributed by atoms with Gasteiger partial charge in [-0.25, -0.2) is 0 Å². The molecule has 1 aliphatic heterocycles. The van der Waals surface area contributed by atoms with Crippen molar-refractivity contribution in [3.05, 3.63) is 0 Å². The van der Waals surface area contributed by atoms with Gasteiger partial charge in [0.15, 0.2) is 0 Å². The molecule has 5 nitrogen and oxygen atoms in total. The smallest absolute Gasteiger partial charge is 0.0701 e. The summed E-state index contributed by atoms with van der Waals surface area (Å²) in [7, 11) is 1.68. The number of nitrogens with zero attached hydrogens (tertiary/aromatic N) is 1. The lowest BCUT2D eigenvalue weighted by Crippen LogP contribution is -2.42. The van der Waals surface area contributed by atoms with Crippen LogP contribution in [0.4, 0.5) is 0 Å². The van der Waals surface area contributed by atoms with Crippen molar-refractivity contribution in [1.82, 2.24) is 4.90 Å². The summed E-state index contributed by atoms with van der Waals surface area (Å²) < 4.78 is 15.9. The quantitative estimate of drug-likeness (QED) is 0.567. The summed E-state index contributed by atoms with van der Waals surface area (Å²) in [6.07, 6.45) is 5.05. The van der Waals surface area contributed by atoms with E-state index in [2.05, 4.69) is 4.90 Å². The van der Waals surface area contributed by atoms with Crippen molar-refractivity contribution in [1.29, 1.82) is 0 Å². The maximum atomic E-state index is 5.67. The molecule has 1 aliphatic rings. The number of ether oxygens (including phenoxy) is 3. The van der Waals surface area contributed by atoms with Crippen LogP contribution in [0.3, 0.4) is 0 Å². The minimum Gasteiger partial charge on any atom is -0.382 e. The molecule has 1 rings (SSSR count). The lowest BCUT2D eigenvalue weighted by molar-refractivity contribution is 0.0134. The van der Waals surface area contributed by atoms with Gasteiger partial charge in [-0.3, -0.25) is 4.90 Å². The molecule has 0 aromatic heterocycles. The standard InChI is InChI=1S/C14H30N2O3/c1-17-10-11-19-13-12-18-9-8-16-7-3-2-4-14(16)5-6-15/h14H,2-13,15H2,1H3. The van der Waals surface area contributed by atoms with Gasteiger partial charge in [0, 0.05) is 19.7 Å². The Morgan fingerprint density at radius 3 is 2.53 bits per heavy atom. The lowest BCUT2D eigenvalue weighted by Gasteiger charge is -2.35. The van der Waals surface area contributed by atoms with Gasteiger partial charge < -0.3 is 19.9 Å². The van der Waals surface area contributed by atoms with Crippen LogP contribution >= 0.6 is 0 Å². The zero-order valence-corrected chi connectivity index (χ0v) is 12.3. The maximum absolute atomic E-state index is 5.67. The van der Waals surface area contributed by atoms with Crippen LogP contribution in [-0.2, 0) is 14.2 Å². The van der Waals surface area contributed by atoms with Crippen LogP contribution in [0, 0.1) is 0 Å². The Morgan fingerprint density at radius 2 is 1.79 bits per heavy atom. The third kappa shape index (κ3) is 7.84. The highest BCUT2D eigenvalue weighted by Crippen LogP contribution is 2.18. The Hall–Kier alpha value is -0.200. The number of hydrogen-bond donors (Lipinski definition) is 1. The summed E-state index contributed by atoms with van der Waals surface area (Å²) >= 11 is 0. The van der Waals surface area contributed by atoms with Crippen LogP contribution in [0.25, 0.3) is 0 Å². The number of nitrogens with two attached hydrogens (primary N) is 1. The summed E-state index contributed by atoms with van der Waals surface area (Å²) in [5.74, 6) is 0. The van der Waals surface area contributed by atoms with Gasteiger partial charge >= 0.3 is 0 Å². The third-order valence-corrected chi connectivity index (χ3v) is 3.58. The molecule has 0 aliphatic carbocycles. The van der Waals surface area contributed by atoms with E-state index in [1.165, 1.54) is 25.8 Å². The van der Waals surface area contributed by atoms with Crippen LogP contribution < -0.4 is 5.73 Å². The molecule has 1 fully saturated rings. The van der Waals surface area contributed by atoms with Crippen LogP contribution in [0.1, 0.15) is 25.7 Å². The van der Waals surface area contributed by atoms with E-state index in [1.54, 1.807) is 7.11 Å². The molecule has 5 heteroatoms. The first-order valence-electron chi connectivity index (χ1n) is 7.47. The largest absolute Gasteiger partial charge is 0.382 e. The summed E-state index contributed by atoms with van der Waals surface area (Å²) in [4.78, 5) is 2.53. The van der Waals surface area contributed by atoms with Crippen molar-refractivity contribution in [2.24, 2.45) is 5.73 Å². The molecule has 1 atom stereocenters. The van der Waals surface area contributed by atoms with Crippen molar-refractivity contribution in [2.75, 3.05) is 59.8 Å². The topological polar surface area (TPSA) is 57.0 Å². The minimum absolute atomic E-state index is 0.643. The van der Waals surface area contributed by atoms with Crippen LogP contribution in [-0.4, -0.2) is 70.7 Å². The summed E-state index contributed by atoms with van der Waals surface area (Å²) in [6, 6.07) is 0.667. The number of piperidine rings is 1. The summed E-state index contributed by atoms with van der Waals surface area (Å²) in [6.45, 7) is 6.39. The fraction of sp³-hybridized carbons (Fsp3) is 1.00. The molecule has 0 radical (unpaired) electrons. The molecule has 0 saturated carbocycles. The number of methoxy groups -OCH3 is 1. The van der Waals surface area contributed by atoms with Gasteiger partial charge in [0.25, 0.3) is 0 Å². The highest BCUT2D eigenvalue weighted by molar-refractivity contribution is 4.76. The van der Waals surface area contributed by atoms with E-state index >= 15 is 0 Å². The van der Waals surface area contributed by atoms with E-state index in [0.717, 1.165) is 26.1 Å². The monoisotopic (exact) mass is 274 g/mol. The van der Waals surface area contributed by atoms with Crippen molar-refractivity contribution < 1.29 is 14.2 Å². The summed E-state index contributed by atoms with van der Waals surface area (Å²) in [5.41, 5.74) is 5.67. The first-order valence-corrected chi connectivity index (χ1v) is 7.47. The Bertz CT molecular complexity index is 203. The van der Waals surface area contributed by atoms with E-state index in [-0.39, 0.29) is 0 Å². The second kappa shape index (κ2) is 11.6. The molecule has 19 heavy (non-hydrogen) atoms. The van der Waals surface area contributed by atoms with E-state index in [0.29, 0.717) is 32.5 Å². The second-order valence-corrected chi connectivity index (χ2v) is 4.98. The molecular weight excluding hydrogens is 244 g/mol. The highest BCUT2D eigenvalue weighted by atomic mass is 16.5. The number of hydrogen-bond acceptors (Lipinski definition) is 5. The Kier molecular flexibility index (Phi) is 10.3. The van der Waals surface area contributed by atoms with E-state index in [9.17, 15) is 0 Å². The number of likely N-dealkylation sites (tertiary alicyclic amines) is 1. The van der Waals surface area contributed by atoms with Crippen LogP contribution in [0.5, 0.6) is 0 Å². The minimum atomic E-state index is 0.643. The van der Waals surface area contributed by atoms with Gasteiger partial charge in [0.2, 0.25) is 0 Å². The molecule has 0 spiro atoms. The van der Waals surface area contributed by atoms with Crippen molar-refractivity contribution in [2.45, 2.75) is 31.7 Å². The Labute approximate surface area is 117 Å². The molecule has 0 aromatic carbocycles. The zero-order valence-electron chi connectivity index (χ0n) is 12.3. The SMILES string of the molecule is COCCOCCOCCN1CCCCC1CCN. The third-order valence-electron chi connectivity index (χ3n) is 3.58. The zero-order chi connectivity index (χ0) is 13.8. The molecule has 0 amide bonds. The van der Waals surface area contributed by atoms with Gasteiger partial charge in [-0.15, -0.1) is 0 Å². The predicted molar refractivity (Wildman–Crippen MR) is 76.4 cm³/mol. The number of rotatable bonds is 11. The molecule has 1 saturated heterocycles. The van der Waals surface area contributed by atoms with Crippen molar-refractivity contribution >= 4 is 0 Å². The molecule has 0 bridgehead atoms. The molecule has 2 N–H and O–H groups in total.